The second-order valence-electron chi connectivity index (χ2n) is 4.34. The number of hydrogen-bond acceptors (Lipinski definition) is 3. The normalized spacial score (nSPS) is 10.3. The average molecular weight is 299 g/mol. The van der Waals surface area contributed by atoms with Crippen LogP contribution < -0.4 is 5.32 Å². The summed E-state index contributed by atoms with van der Waals surface area (Å²) in [6, 6.07) is 10.7. The summed E-state index contributed by atoms with van der Waals surface area (Å²) in [6.07, 6.45) is 6.72. The van der Waals surface area contributed by atoms with Gasteiger partial charge in [-0.2, -0.15) is 0 Å². The molecule has 6 heteroatoms. The van der Waals surface area contributed by atoms with E-state index in [2.05, 4.69) is 15.3 Å². The van der Waals surface area contributed by atoms with Crippen LogP contribution in [0.4, 0.5) is 5.69 Å². The van der Waals surface area contributed by atoms with Crippen LogP contribution in [0.5, 0.6) is 0 Å². The molecule has 0 unspecified atom stereocenters. The van der Waals surface area contributed by atoms with Gasteiger partial charge < -0.3 is 9.88 Å². The van der Waals surface area contributed by atoms with Crippen molar-refractivity contribution in [3.05, 3.63) is 72.0 Å². The highest BCUT2D eigenvalue weighted by Crippen LogP contribution is 2.14. The highest BCUT2D eigenvalue weighted by atomic mass is 35.5. The van der Waals surface area contributed by atoms with Crippen molar-refractivity contribution in [2.24, 2.45) is 0 Å². The number of rotatable bonds is 3. The van der Waals surface area contributed by atoms with Crippen LogP contribution in [0.3, 0.4) is 0 Å². The van der Waals surface area contributed by atoms with Gasteiger partial charge in [0.05, 0.1) is 11.9 Å². The summed E-state index contributed by atoms with van der Waals surface area (Å²) < 4.78 is 1.88. The lowest BCUT2D eigenvalue weighted by molar-refractivity contribution is 0.102. The van der Waals surface area contributed by atoms with E-state index in [4.69, 9.17) is 11.6 Å². The zero-order chi connectivity index (χ0) is 14.7. The molecule has 0 spiro atoms. The first-order valence-corrected chi connectivity index (χ1v) is 6.61. The molecule has 1 aromatic carbocycles. The van der Waals surface area contributed by atoms with Crippen LogP contribution in [0, 0.1) is 0 Å². The fourth-order valence-electron chi connectivity index (χ4n) is 1.84. The molecule has 0 fully saturated rings. The Labute approximate surface area is 126 Å². The number of nitrogens with zero attached hydrogens (tertiary/aromatic N) is 3. The van der Waals surface area contributed by atoms with Crippen molar-refractivity contribution in [3.8, 4) is 5.69 Å². The van der Waals surface area contributed by atoms with Gasteiger partial charge >= 0.3 is 0 Å². The van der Waals surface area contributed by atoms with E-state index in [-0.39, 0.29) is 5.91 Å². The standard InChI is InChI=1S/C15H11ClN4O/c16-14-6-1-11(9-18-14)15(21)19-12-2-4-13(5-3-12)20-8-7-17-10-20/h1-10H,(H,19,21). The molecule has 21 heavy (non-hydrogen) atoms. The monoisotopic (exact) mass is 298 g/mol. The summed E-state index contributed by atoms with van der Waals surface area (Å²) >= 11 is 5.69. The van der Waals surface area contributed by atoms with Crippen LogP contribution in [0.2, 0.25) is 5.15 Å². The predicted octanol–water partition coefficient (Wildman–Crippen LogP) is 3.17. The summed E-state index contributed by atoms with van der Waals surface area (Å²) in [6.45, 7) is 0. The van der Waals surface area contributed by atoms with E-state index in [1.807, 2.05) is 35.0 Å². The summed E-state index contributed by atoms with van der Waals surface area (Å²) in [5, 5.41) is 3.16. The molecule has 1 amide bonds. The smallest absolute Gasteiger partial charge is 0.257 e. The van der Waals surface area contributed by atoms with Crippen molar-refractivity contribution in [2.45, 2.75) is 0 Å². The number of benzene rings is 1. The Morgan fingerprint density at radius 1 is 1.14 bits per heavy atom. The van der Waals surface area contributed by atoms with E-state index in [1.165, 1.54) is 6.20 Å². The van der Waals surface area contributed by atoms with E-state index in [9.17, 15) is 4.79 Å². The topological polar surface area (TPSA) is 59.8 Å². The zero-order valence-corrected chi connectivity index (χ0v) is 11.7. The van der Waals surface area contributed by atoms with Crippen LogP contribution >= 0.6 is 11.6 Å². The third kappa shape index (κ3) is 3.09. The van der Waals surface area contributed by atoms with E-state index in [0.717, 1.165) is 5.69 Å². The molecule has 5 nitrogen and oxygen atoms in total. The number of aromatic nitrogens is 3. The van der Waals surface area contributed by atoms with Crippen LogP contribution in [-0.2, 0) is 0 Å². The van der Waals surface area contributed by atoms with Gasteiger partial charge in [0.25, 0.3) is 5.91 Å². The van der Waals surface area contributed by atoms with Gasteiger partial charge in [0.2, 0.25) is 0 Å². The number of hydrogen-bond donors (Lipinski definition) is 1. The van der Waals surface area contributed by atoms with E-state index in [1.54, 1.807) is 24.7 Å². The minimum absolute atomic E-state index is 0.227. The number of halogens is 1. The molecule has 0 bridgehead atoms. The molecular weight excluding hydrogens is 288 g/mol. The SMILES string of the molecule is O=C(Nc1ccc(-n2ccnc2)cc1)c1ccc(Cl)nc1. The quantitative estimate of drug-likeness (QED) is 0.756. The van der Waals surface area contributed by atoms with Gasteiger partial charge in [0.15, 0.2) is 0 Å². The summed E-state index contributed by atoms with van der Waals surface area (Å²) in [5.41, 5.74) is 2.13. The third-order valence-electron chi connectivity index (χ3n) is 2.92. The van der Waals surface area contributed by atoms with Crippen molar-refractivity contribution in [3.63, 3.8) is 0 Å². The van der Waals surface area contributed by atoms with Crippen molar-refractivity contribution in [1.29, 1.82) is 0 Å². The minimum atomic E-state index is -0.227. The Hall–Kier alpha value is -2.66. The predicted molar refractivity (Wildman–Crippen MR) is 80.8 cm³/mol. The molecule has 3 rings (SSSR count). The van der Waals surface area contributed by atoms with E-state index >= 15 is 0 Å². The summed E-state index contributed by atoms with van der Waals surface area (Å²) in [7, 11) is 0. The molecule has 2 aromatic heterocycles. The molecule has 0 aliphatic heterocycles. The molecule has 1 N–H and O–H groups in total. The van der Waals surface area contributed by atoms with Crippen LogP contribution in [0.1, 0.15) is 10.4 Å². The first-order chi connectivity index (χ1) is 10.2. The Morgan fingerprint density at radius 2 is 1.95 bits per heavy atom. The average Bonchev–Trinajstić information content (AvgIpc) is 3.03. The Kier molecular flexibility index (Phi) is 3.66. The molecule has 2 heterocycles. The maximum absolute atomic E-state index is 12.0. The molecule has 0 aliphatic rings. The summed E-state index contributed by atoms with van der Waals surface area (Å²) in [4.78, 5) is 19.9. The molecule has 0 saturated carbocycles. The molecule has 104 valence electrons. The number of nitrogens with one attached hydrogen (secondary N) is 1. The fraction of sp³-hybridized carbons (Fsp3) is 0. The molecule has 3 aromatic rings. The number of amides is 1. The zero-order valence-electron chi connectivity index (χ0n) is 10.9. The molecule has 0 radical (unpaired) electrons. The molecule has 0 atom stereocenters. The number of imidazole rings is 1. The molecule has 0 saturated heterocycles. The Balaban J connectivity index is 1.73. The second-order valence-corrected chi connectivity index (χ2v) is 4.73. The number of anilines is 1. The van der Waals surface area contributed by atoms with Crippen molar-refractivity contribution < 1.29 is 4.79 Å². The lowest BCUT2D eigenvalue weighted by Gasteiger charge is -2.07. The van der Waals surface area contributed by atoms with Gasteiger partial charge in [-0.3, -0.25) is 4.79 Å². The second kappa shape index (κ2) is 5.76. The van der Waals surface area contributed by atoms with E-state index in [0.29, 0.717) is 16.4 Å². The first-order valence-electron chi connectivity index (χ1n) is 6.24. The van der Waals surface area contributed by atoms with Gasteiger partial charge in [-0.25, -0.2) is 9.97 Å². The van der Waals surface area contributed by atoms with Gasteiger partial charge in [-0.1, -0.05) is 11.6 Å². The fourth-order valence-corrected chi connectivity index (χ4v) is 1.95. The van der Waals surface area contributed by atoms with Gasteiger partial charge in [-0.05, 0) is 36.4 Å². The lowest BCUT2D eigenvalue weighted by Crippen LogP contribution is -2.12. The summed E-state index contributed by atoms with van der Waals surface area (Å²) in [5.74, 6) is -0.227. The minimum Gasteiger partial charge on any atom is -0.322 e. The van der Waals surface area contributed by atoms with Crippen LogP contribution in [0.15, 0.2) is 61.3 Å². The molecular formula is C15H11ClN4O. The van der Waals surface area contributed by atoms with Gasteiger partial charge in [-0.15, -0.1) is 0 Å². The maximum Gasteiger partial charge on any atom is 0.257 e. The number of carbonyl (C=O) groups excluding carboxylic acids is 1. The first kappa shape index (κ1) is 13.3. The molecule has 0 aliphatic carbocycles. The van der Waals surface area contributed by atoms with Gasteiger partial charge in [0, 0.05) is 30.0 Å². The Bertz CT molecular complexity index is 736. The maximum atomic E-state index is 12.0. The van der Waals surface area contributed by atoms with Crippen molar-refractivity contribution in [2.75, 3.05) is 5.32 Å². The van der Waals surface area contributed by atoms with Crippen molar-refractivity contribution in [1.82, 2.24) is 14.5 Å². The lowest BCUT2D eigenvalue weighted by atomic mass is 10.2. The van der Waals surface area contributed by atoms with Gasteiger partial charge in [0.1, 0.15) is 5.15 Å². The number of pyridine rings is 1. The Morgan fingerprint density at radius 3 is 2.57 bits per heavy atom. The van der Waals surface area contributed by atoms with E-state index < -0.39 is 0 Å². The highest BCUT2D eigenvalue weighted by molar-refractivity contribution is 6.29. The van der Waals surface area contributed by atoms with Crippen LogP contribution in [-0.4, -0.2) is 20.4 Å². The third-order valence-corrected chi connectivity index (χ3v) is 3.14. The largest absolute Gasteiger partial charge is 0.322 e. The number of carbonyl (C=O) groups is 1. The highest BCUT2D eigenvalue weighted by Gasteiger charge is 2.06. The van der Waals surface area contributed by atoms with Crippen molar-refractivity contribution >= 4 is 23.2 Å². The van der Waals surface area contributed by atoms with Crippen LogP contribution in [0.25, 0.3) is 5.69 Å².